The molecule has 1 atom stereocenters. The zero-order valence-electron chi connectivity index (χ0n) is 16.5. The average molecular weight is 440 g/mol. The Labute approximate surface area is 177 Å². The summed E-state index contributed by atoms with van der Waals surface area (Å²) in [4.78, 5) is 24.1. The van der Waals surface area contributed by atoms with Crippen LogP contribution in [0.25, 0.3) is 6.08 Å². The molecule has 0 saturated heterocycles. The van der Waals surface area contributed by atoms with Crippen molar-refractivity contribution in [3.8, 4) is 11.5 Å². The summed E-state index contributed by atoms with van der Waals surface area (Å²) < 4.78 is 42.2. The standard InChI is InChI=1S/C21H20ClF2NO5/c1-4-29-18-10-13(9-15(22)20(18)28-3)5-8-19(26)30-12(2)21(27)25-17-7-6-14(23)11-16(17)24/h5-12H,4H2,1-3H3,(H,25,27)/b8-5+. The summed E-state index contributed by atoms with van der Waals surface area (Å²) in [5.74, 6) is -2.51. The van der Waals surface area contributed by atoms with E-state index >= 15 is 0 Å². The first-order valence-corrected chi connectivity index (χ1v) is 9.27. The molecule has 0 radical (unpaired) electrons. The maximum Gasteiger partial charge on any atom is 0.331 e. The number of methoxy groups -OCH3 is 1. The smallest absolute Gasteiger partial charge is 0.331 e. The van der Waals surface area contributed by atoms with Crippen molar-refractivity contribution >= 4 is 35.2 Å². The van der Waals surface area contributed by atoms with Gasteiger partial charge in [0.1, 0.15) is 11.6 Å². The predicted octanol–water partition coefficient (Wildman–Crippen LogP) is 4.61. The van der Waals surface area contributed by atoms with Crippen molar-refractivity contribution in [2.24, 2.45) is 0 Å². The Morgan fingerprint density at radius 3 is 2.60 bits per heavy atom. The van der Waals surface area contributed by atoms with Gasteiger partial charge in [-0.3, -0.25) is 4.79 Å². The molecule has 1 amide bonds. The highest BCUT2D eigenvalue weighted by atomic mass is 35.5. The maximum atomic E-state index is 13.6. The maximum absolute atomic E-state index is 13.6. The Morgan fingerprint density at radius 1 is 1.23 bits per heavy atom. The van der Waals surface area contributed by atoms with Crippen LogP contribution in [0, 0.1) is 11.6 Å². The van der Waals surface area contributed by atoms with Gasteiger partial charge in [0.05, 0.1) is 24.4 Å². The second kappa shape index (κ2) is 10.6. The lowest BCUT2D eigenvalue weighted by Gasteiger charge is -2.13. The summed E-state index contributed by atoms with van der Waals surface area (Å²) in [6, 6.07) is 5.89. The summed E-state index contributed by atoms with van der Waals surface area (Å²) in [6.07, 6.45) is 1.32. The first kappa shape index (κ1) is 23.2. The molecular weight excluding hydrogens is 420 g/mol. The van der Waals surface area contributed by atoms with Crippen LogP contribution in [-0.2, 0) is 14.3 Å². The van der Waals surface area contributed by atoms with Gasteiger partial charge in [-0.05, 0) is 49.8 Å². The van der Waals surface area contributed by atoms with Gasteiger partial charge in [-0.15, -0.1) is 0 Å². The van der Waals surface area contributed by atoms with E-state index < -0.39 is 29.6 Å². The number of halogens is 3. The molecule has 0 bridgehead atoms. The number of carbonyl (C=O) groups is 2. The minimum atomic E-state index is -1.22. The zero-order chi connectivity index (χ0) is 22.3. The van der Waals surface area contributed by atoms with Crippen LogP contribution in [0.2, 0.25) is 5.02 Å². The van der Waals surface area contributed by atoms with Gasteiger partial charge in [-0.1, -0.05) is 11.6 Å². The van der Waals surface area contributed by atoms with E-state index in [1.807, 2.05) is 0 Å². The zero-order valence-corrected chi connectivity index (χ0v) is 17.3. The number of amides is 1. The van der Waals surface area contributed by atoms with Gasteiger partial charge in [0, 0.05) is 12.1 Å². The predicted molar refractivity (Wildman–Crippen MR) is 109 cm³/mol. The molecule has 1 N–H and O–H groups in total. The van der Waals surface area contributed by atoms with Crippen LogP contribution in [0.3, 0.4) is 0 Å². The van der Waals surface area contributed by atoms with Crippen molar-refractivity contribution in [1.82, 2.24) is 0 Å². The number of hydrogen-bond acceptors (Lipinski definition) is 5. The Morgan fingerprint density at radius 2 is 1.97 bits per heavy atom. The molecule has 0 heterocycles. The van der Waals surface area contributed by atoms with Crippen molar-refractivity contribution in [2.75, 3.05) is 19.0 Å². The van der Waals surface area contributed by atoms with Gasteiger partial charge in [-0.25, -0.2) is 13.6 Å². The van der Waals surface area contributed by atoms with E-state index in [4.69, 9.17) is 25.8 Å². The molecule has 2 rings (SSSR count). The van der Waals surface area contributed by atoms with E-state index in [9.17, 15) is 18.4 Å². The van der Waals surface area contributed by atoms with E-state index in [-0.39, 0.29) is 5.69 Å². The van der Waals surface area contributed by atoms with Crippen LogP contribution in [0.5, 0.6) is 11.5 Å². The SMILES string of the molecule is CCOc1cc(/C=C/C(=O)OC(C)C(=O)Nc2ccc(F)cc2F)cc(Cl)c1OC. The molecule has 9 heteroatoms. The number of benzene rings is 2. The highest BCUT2D eigenvalue weighted by molar-refractivity contribution is 6.32. The lowest BCUT2D eigenvalue weighted by molar-refractivity contribution is -0.148. The number of esters is 1. The third-order valence-electron chi connectivity index (χ3n) is 3.80. The lowest BCUT2D eigenvalue weighted by atomic mass is 10.2. The minimum absolute atomic E-state index is 0.226. The molecule has 0 saturated carbocycles. The van der Waals surface area contributed by atoms with E-state index in [0.717, 1.165) is 18.2 Å². The Bertz CT molecular complexity index is 965. The summed E-state index contributed by atoms with van der Waals surface area (Å²) in [5.41, 5.74) is 0.322. The van der Waals surface area contributed by atoms with Crippen LogP contribution in [0.15, 0.2) is 36.4 Å². The fraction of sp³-hybridized carbons (Fsp3) is 0.238. The second-order valence-corrected chi connectivity index (χ2v) is 6.40. The average Bonchev–Trinajstić information content (AvgIpc) is 2.68. The second-order valence-electron chi connectivity index (χ2n) is 5.99. The molecular formula is C21H20ClF2NO5. The van der Waals surface area contributed by atoms with Crippen molar-refractivity contribution < 1.29 is 32.6 Å². The van der Waals surface area contributed by atoms with Gasteiger partial charge in [0.25, 0.3) is 5.91 Å². The third kappa shape index (κ3) is 6.18. The van der Waals surface area contributed by atoms with Crippen LogP contribution < -0.4 is 14.8 Å². The summed E-state index contributed by atoms with van der Waals surface area (Å²) in [7, 11) is 1.46. The summed E-state index contributed by atoms with van der Waals surface area (Å²) >= 11 is 6.15. The molecule has 0 aliphatic carbocycles. The molecule has 30 heavy (non-hydrogen) atoms. The Hall–Kier alpha value is -3.13. The Balaban J connectivity index is 2.02. The number of anilines is 1. The lowest BCUT2D eigenvalue weighted by Crippen LogP contribution is -2.29. The number of hydrogen-bond donors (Lipinski definition) is 1. The van der Waals surface area contributed by atoms with Crippen molar-refractivity contribution in [3.05, 3.63) is 58.6 Å². The first-order valence-electron chi connectivity index (χ1n) is 8.90. The van der Waals surface area contributed by atoms with Crippen LogP contribution >= 0.6 is 11.6 Å². The number of rotatable bonds is 8. The molecule has 2 aromatic rings. The molecule has 0 fully saturated rings. The number of nitrogens with one attached hydrogen (secondary N) is 1. The molecule has 1 unspecified atom stereocenters. The molecule has 0 aliphatic rings. The highest BCUT2D eigenvalue weighted by Crippen LogP contribution is 2.36. The van der Waals surface area contributed by atoms with Crippen molar-refractivity contribution in [3.63, 3.8) is 0 Å². The quantitative estimate of drug-likeness (QED) is 0.480. The molecule has 0 aromatic heterocycles. The molecule has 0 spiro atoms. The molecule has 2 aromatic carbocycles. The van der Waals surface area contributed by atoms with E-state index in [1.165, 1.54) is 20.1 Å². The minimum Gasteiger partial charge on any atom is -0.491 e. The van der Waals surface area contributed by atoms with Gasteiger partial charge in [0.2, 0.25) is 0 Å². The first-order chi connectivity index (χ1) is 14.2. The van der Waals surface area contributed by atoms with E-state index in [2.05, 4.69) is 5.32 Å². The number of carbonyl (C=O) groups excluding carboxylic acids is 2. The number of ether oxygens (including phenoxy) is 3. The summed E-state index contributed by atoms with van der Waals surface area (Å²) in [6.45, 7) is 3.51. The van der Waals surface area contributed by atoms with Crippen LogP contribution in [-0.4, -0.2) is 31.7 Å². The van der Waals surface area contributed by atoms with Gasteiger partial charge >= 0.3 is 5.97 Å². The molecule has 0 aliphatic heterocycles. The largest absolute Gasteiger partial charge is 0.491 e. The topological polar surface area (TPSA) is 73.9 Å². The van der Waals surface area contributed by atoms with Gasteiger partial charge < -0.3 is 19.5 Å². The van der Waals surface area contributed by atoms with E-state index in [1.54, 1.807) is 19.1 Å². The van der Waals surface area contributed by atoms with Crippen molar-refractivity contribution in [1.29, 1.82) is 0 Å². The fourth-order valence-corrected chi connectivity index (χ4v) is 2.70. The normalized spacial score (nSPS) is 11.8. The van der Waals surface area contributed by atoms with Crippen LogP contribution in [0.1, 0.15) is 19.4 Å². The fourth-order valence-electron chi connectivity index (χ4n) is 2.40. The molecule has 6 nitrogen and oxygen atoms in total. The van der Waals surface area contributed by atoms with Crippen molar-refractivity contribution in [2.45, 2.75) is 20.0 Å². The third-order valence-corrected chi connectivity index (χ3v) is 4.08. The van der Waals surface area contributed by atoms with Crippen LogP contribution in [0.4, 0.5) is 14.5 Å². The summed E-state index contributed by atoms with van der Waals surface area (Å²) in [5, 5.41) is 2.52. The Kier molecular flexibility index (Phi) is 8.17. The highest BCUT2D eigenvalue weighted by Gasteiger charge is 2.18. The van der Waals surface area contributed by atoms with Gasteiger partial charge in [-0.2, -0.15) is 0 Å². The monoisotopic (exact) mass is 439 g/mol. The van der Waals surface area contributed by atoms with E-state index in [0.29, 0.717) is 34.8 Å². The van der Waals surface area contributed by atoms with Gasteiger partial charge in [0.15, 0.2) is 17.6 Å². The molecule has 160 valence electrons.